The molecule has 18 heavy (non-hydrogen) atoms. The maximum absolute atomic E-state index is 5.67. The van der Waals surface area contributed by atoms with Crippen molar-refractivity contribution in [3.05, 3.63) is 52.8 Å². The van der Waals surface area contributed by atoms with Gasteiger partial charge >= 0.3 is 0 Å². The van der Waals surface area contributed by atoms with Gasteiger partial charge in [0.2, 0.25) is 0 Å². The summed E-state index contributed by atoms with van der Waals surface area (Å²) in [6.45, 7) is 3.44. The number of pyridine rings is 1. The molecule has 0 saturated heterocycles. The molecule has 0 saturated carbocycles. The van der Waals surface area contributed by atoms with E-state index in [4.69, 9.17) is 4.74 Å². The minimum absolute atomic E-state index is 0.473. The van der Waals surface area contributed by atoms with Crippen molar-refractivity contribution in [1.82, 2.24) is 4.98 Å². The van der Waals surface area contributed by atoms with Gasteiger partial charge < -0.3 is 10.1 Å². The molecule has 0 atom stereocenters. The monoisotopic (exact) mass is 306 g/mol. The lowest BCUT2D eigenvalue weighted by Crippen LogP contribution is -2.01. The summed E-state index contributed by atoms with van der Waals surface area (Å²) >= 11 is 3.39. The maximum atomic E-state index is 5.67. The normalized spacial score (nSPS) is 10.1. The minimum Gasteiger partial charge on any atom is -0.487 e. The van der Waals surface area contributed by atoms with Crippen LogP contribution in [0, 0.1) is 0 Å². The standard InChI is InChI=1S/C14H15BrN2O/c1-2-16-12-7-8-17-13(9-12)10-18-14-5-3-11(15)4-6-14/h3-9H,2,10H2,1H3,(H,16,17). The number of rotatable bonds is 5. The Morgan fingerprint density at radius 3 is 2.72 bits per heavy atom. The van der Waals surface area contributed by atoms with Crippen molar-refractivity contribution < 1.29 is 4.74 Å². The summed E-state index contributed by atoms with van der Waals surface area (Å²) in [4.78, 5) is 4.28. The number of hydrogen-bond acceptors (Lipinski definition) is 3. The fourth-order valence-corrected chi connectivity index (χ4v) is 1.82. The van der Waals surface area contributed by atoms with E-state index in [2.05, 4.69) is 33.2 Å². The first-order chi connectivity index (χ1) is 8.78. The molecule has 0 radical (unpaired) electrons. The van der Waals surface area contributed by atoms with Gasteiger partial charge in [-0.25, -0.2) is 0 Å². The van der Waals surface area contributed by atoms with Crippen LogP contribution < -0.4 is 10.1 Å². The largest absolute Gasteiger partial charge is 0.487 e. The number of anilines is 1. The third-order valence-electron chi connectivity index (χ3n) is 2.40. The van der Waals surface area contributed by atoms with E-state index in [0.29, 0.717) is 6.61 Å². The fraction of sp³-hybridized carbons (Fsp3) is 0.214. The summed E-state index contributed by atoms with van der Waals surface area (Å²) in [5.41, 5.74) is 1.98. The summed E-state index contributed by atoms with van der Waals surface area (Å²) in [5, 5.41) is 3.25. The Bertz CT molecular complexity index is 499. The Morgan fingerprint density at radius 1 is 1.22 bits per heavy atom. The molecule has 0 unspecified atom stereocenters. The highest BCUT2D eigenvalue weighted by Crippen LogP contribution is 2.17. The molecule has 3 nitrogen and oxygen atoms in total. The highest BCUT2D eigenvalue weighted by molar-refractivity contribution is 9.10. The molecule has 0 amide bonds. The lowest BCUT2D eigenvalue weighted by atomic mass is 10.3. The van der Waals surface area contributed by atoms with Crippen LogP contribution in [0.1, 0.15) is 12.6 Å². The van der Waals surface area contributed by atoms with Crippen LogP contribution in [0.2, 0.25) is 0 Å². The van der Waals surface area contributed by atoms with Crippen molar-refractivity contribution in [3.63, 3.8) is 0 Å². The molecule has 1 heterocycles. The molecule has 2 aromatic rings. The molecule has 94 valence electrons. The molecule has 0 bridgehead atoms. The fourth-order valence-electron chi connectivity index (χ4n) is 1.56. The van der Waals surface area contributed by atoms with E-state index in [9.17, 15) is 0 Å². The van der Waals surface area contributed by atoms with Gasteiger partial charge in [-0.2, -0.15) is 0 Å². The maximum Gasteiger partial charge on any atom is 0.130 e. The number of nitrogens with zero attached hydrogens (tertiary/aromatic N) is 1. The molecule has 2 rings (SSSR count). The minimum atomic E-state index is 0.473. The van der Waals surface area contributed by atoms with Crippen molar-refractivity contribution in [2.45, 2.75) is 13.5 Å². The Hall–Kier alpha value is -1.55. The average molecular weight is 307 g/mol. The third-order valence-corrected chi connectivity index (χ3v) is 2.93. The average Bonchev–Trinajstić information content (AvgIpc) is 2.39. The first-order valence-corrected chi connectivity index (χ1v) is 6.64. The van der Waals surface area contributed by atoms with Gasteiger partial charge in [0.25, 0.3) is 0 Å². The first kappa shape index (κ1) is 12.9. The van der Waals surface area contributed by atoms with Gasteiger partial charge in [-0.1, -0.05) is 15.9 Å². The molecule has 0 spiro atoms. The quantitative estimate of drug-likeness (QED) is 0.911. The lowest BCUT2D eigenvalue weighted by Gasteiger charge is -2.08. The zero-order valence-electron chi connectivity index (χ0n) is 10.2. The van der Waals surface area contributed by atoms with E-state index in [1.807, 2.05) is 36.4 Å². The highest BCUT2D eigenvalue weighted by atomic mass is 79.9. The van der Waals surface area contributed by atoms with E-state index < -0.39 is 0 Å². The molecule has 0 aliphatic rings. The third kappa shape index (κ3) is 3.74. The molecule has 1 aromatic heterocycles. The summed E-state index contributed by atoms with van der Waals surface area (Å²) in [6.07, 6.45) is 1.79. The lowest BCUT2D eigenvalue weighted by molar-refractivity contribution is 0.301. The van der Waals surface area contributed by atoms with Gasteiger partial charge in [-0.15, -0.1) is 0 Å². The molecule has 0 fully saturated rings. The second-order valence-corrected chi connectivity index (χ2v) is 4.72. The van der Waals surface area contributed by atoms with Crippen LogP contribution in [-0.4, -0.2) is 11.5 Å². The predicted molar refractivity (Wildman–Crippen MR) is 76.9 cm³/mol. The number of aromatic nitrogens is 1. The van der Waals surface area contributed by atoms with Crippen LogP contribution in [0.3, 0.4) is 0 Å². The van der Waals surface area contributed by atoms with E-state index in [0.717, 1.165) is 28.1 Å². The molecular formula is C14H15BrN2O. The number of hydrogen-bond donors (Lipinski definition) is 1. The summed E-state index contributed by atoms with van der Waals surface area (Å²) < 4.78 is 6.71. The number of benzene rings is 1. The van der Waals surface area contributed by atoms with Crippen LogP contribution in [-0.2, 0) is 6.61 Å². The molecule has 1 aromatic carbocycles. The van der Waals surface area contributed by atoms with Crippen LogP contribution in [0.25, 0.3) is 0 Å². The number of halogens is 1. The van der Waals surface area contributed by atoms with Crippen LogP contribution in [0.5, 0.6) is 5.75 Å². The second-order valence-electron chi connectivity index (χ2n) is 3.81. The van der Waals surface area contributed by atoms with Gasteiger partial charge in [-0.3, -0.25) is 4.98 Å². The van der Waals surface area contributed by atoms with Gasteiger partial charge in [0, 0.05) is 22.9 Å². The Balaban J connectivity index is 1.97. The second kappa shape index (κ2) is 6.40. The number of nitrogens with one attached hydrogen (secondary N) is 1. The Morgan fingerprint density at radius 2 is 2.00 bits per heavy atom. The summed E-state index contributed by atoms with van der Waals surface area (Å²) in [6, 6.07) is 11.7. The smallest absolute Gasteiger partial charge is 0.130 e. The molecule has 0 aliphatic carbocycles. The predicted octanol–water partition coefficient (Wildman–Crippen LogP) is 3.85. The van der Waals surface area contributed by atoms with Crippen molar-refractivity contribution in [3.8, 4) is 5.75 Å². The molecule has 0 aliphatic heterocycles. The van der Waals surface area contributed by atoms with E-state index in [1.54, 1.807) is 6.20 Å². The van der Waals surface area contributed by atoms with Crippen LogP contribution in [0.15, 0.2) is 47.1 Å². The highest BCUT2D eigenvalue weighted by Gasteiger charge is 1.99. The summed E-state index contributed by atoms with van der Waals surface area (Å²) in [5.74, 6) is 0.842. The van der Waals surface area contributed by atoms with Crippen LogP contribution in [0.4, 0.5) is 5.69 Å². The van der Waals surface area contributed by atoms with E-state index in [1.165, 1.54) is 0 Å². The number of ether oxygens (including phenoxy) is 1. The Kier molecular flexibility index (Phi) is 4.59. The van der Waals surface area contributed by atoms with E-state index in [-0.39, 0.29) is 0 Å². The van der Waals surface area contributed by atoms with Gasteiger partial charge in [0.05, 0.1) is 5.69 Å². The summed E-state index contributed by atoms with van der Waals surface area (Å²) in [7, 11) is 0. The molecule has 1 N–H and O–H groups in total. The van der Waals surface area contributed by atoms with Crippen LogP contribution >= 0.6 is 15.9 Å². The first-order valence-electron chi connectivity index (χ1n) is 5.85. The molecule has 4 heteroatoms. The zero-order valence-corrected chi connectivity index (χ0v) is 11.8. The van der Waals surface area contributed by atoms with E-state index >= 15 is 0 Å². The van der Waals surface area contributed by atoms with Gasteiger partial charge in [0.1, 0.15) is 12.4 Å². The van der Waals surface area contributed by atoms with Crippen molar-refractivity contribution in [1.29, 1.82) is 0 Å². The van der Waals surface area contributed by atoms with Crippen molar-refractivity contribution >= 4 is 21.6 Å². The van der Waals surface area contributed by atoms with Crippen molar-refractivity contribution in [2.24, 2.45) is 0 Å². The SMILES string of the molecule is CCNc1ccnc(COc2ccc(Br)cc2)c1. The van der Waals surface area contributed by atoms with Crippen molar-refractivity contribution in [2.75, 3.05) is 11.9 Å². The van der Waals surface area contributed by atoms with Gasteiger partial charge in [0.15, 0.2) is 0 Å². The van der Waals surface area contributed by atoms with Gasteiger partial charge in [-0.05, 0) is 43.3 Å². The zero-order chi connectivity index (χ0) is 12.8. The Labute approximate surface area is 115 Å². The topological polar surface area (TPSA) is 34.2 Å². The molecular weight excluding hydrogens is 292 g/mol.